The number of carboxylic acid groups (broad SMARTS) is 1. The molecule has 1 aromatic heterocycles. The Kier molecular flexibility index (Phi) is 13.5. The molecule has 5 rings (SSSR count). The first-order valence-corrected chi connectivity index (χ1v) is 17.7. The molecule has 2 atom stereocenters. The molecule has 2 heterocycles. The normalized spacial score (nSPS) is 15.4. The van der Waals surface area contributed by atoms with Crippen molar-refractivity contribution in [2.24, 2.45) is 0 Å². The van der Waals surface area contributed by atoms with Gasteiger partial charge < -0.3 is 39.2 Å². The van der Waals surface area contributed by atoms with E-state index < -0.39 is 18.1 Å². The van der Waals surface area contributed by atoms with Crippen LogP contribution in [0.3, 0.4) is 0 Å². The van der Waals surface area contributed by atoms with Crippen LogP contribution in [0.15, 0.2) is 67.0 Å². The Morgan fingerprint density at radius 1 is 1.06 bits per heavy atom. The van der Waals surface area contributed by atoms with E-state index in [0.717, 1.165) is 60.5 Å². The second kappa shape index (κ2) is 18.2. The monoisotopic (exact) mass is 744 g/mol. The largest absolute Gasteiger partial charge is 0.496 e. The summed E-state index contributed by atoms with van der Waals surface area (Å²) in [5.41, 5.74) is 3.54. The van der Waals surface area contributed by atoms with Crippen LogP contribution in [0.4, 0.5) is 0 Å². The van der Waals surface area contributed by atoms with E-state index in [4.69, 9.17) is 30.5 Å². The molecule has 1 saturated heterocycles. The first-order valence-electron chi connectivity index (χ1n) is 17.4. The average molecular weight is 745 g/mol. The van der Waals surface area contributed by atoms with Crippen molar-refractivity contribution in [3.05, 3.63) is 99.8 Å². The van der Waals surface area contributed by atoms with Crippen LogP contribution in [-0.4, -0.2) is 82.8 Å². The van der Waals surface area contributed by atoms with E-state index in [1.54, 1.807) is 31.5 Å². The van der Waals surface area contributed by atoms with Crippen molar-refractivity contribution in [1.82, 2.24) is 15.2 Å². The SMILES string of the molecule is COc1c(COc2cc(OCc3cncc(C#N)c3)c(CN[C@](C)(CO)C(=O)O)cc2Cl)cccc1-c1cccc(OCCCN2CC[C@@H](O)C2)c1C. The van der Waals surface area contributed by atoms with Gasteiger partial charge in [0.05, 0.1) is 37.0 Å². The van der Waals surface area contributed by atoms with Gasteiger partial charge in [0, 0.05) is 66.9 Å². The minimum absolute atomic E-state index is 0.00968. The highest BCUT2D eigenvalue weighted by molar-refractivity contribution is 6.32. The number of halogens is 1. The Morgan fingerprint density at radius 2 is 1.83 bits per heavy atom. The molecule has 0 spiro atoms. The Morgan fingerprint density at radius 3 is 2.55 bits per heavy atom. The second-order valence-corrected chi connectivity index (χ2v) is 13.6. The predicted octanol–water partition coefficient (Wildman–Crippen LogP) is 5.51. The van der Waals surface area contributed by atoms with Gasteiger partial charge in [0.25, 0.3) is 0 Å². The number of likely N-dealkylation sites (tertiary alicyclic amines) is 1. The van der Waals surface area contributed by atoms with E-state index in [1.807, 2.05) is 43.3 Å². The summed E-state index contributed by atoms with van der Waals surface area (Å²) >= 11 is 6.73. The highest BCUT2D eigenvalue weighted by Gasteiger charge is 2.32. The highest BCUT2D eigenvalue weighted by Crippen LogP contribution is 2.39. The summed E-state index contributed by atoms with van der Waals surface area (Å²) in [5.74, 6) is 0.889. The summed E-state index contributed by atoms with van der Waals surface area (Å²) < 4.78 is 24.6. The number of carboxylic acids is 1. The van der Waals surface area contributed by atoms with Gasteiger partial charge >= 0.3 is 5.97 Å². The van der Waals surface area contributed by atoms with Crippen LogP contribution in [0.2, 0.25) is 5.02 Å². The number of carbonyl (C=O) groups is 1. The number of aliphatic hydroxyl groups is 2. The number of hydrogen-bond acceptors (Lipinski definition) is 11. The molecule has 0 radical (unpaired) electrons. The van der Waals surface area contributed by atoms with Gasteiger partial charge in [-0.25, -0.2) is 0 Å². The highest BCUT2D eigenvalue weighted by atomic mass is 35.5. The van der Waals surface area contributed by atoms with E-state index in [-0.39, 0.29) is 30.9 Å². The fourth-order valence-electron chi connectivity index (χ4n) is 6.09. The maximum atomic E-state index is 11.8. The number of rotatable bonds is 18. The van der Waals surface area contributed by atoms with Crippen LogP contribution in [0, 0.1) is 18.3 Å². The molecular formula is C40H45ClN4O8. The Labute approximate surface area is 314 Å². The number of benzene rings is 3. The number of aromatic nitrogens is 1. The van der Waals surface area contributed by atoms with E-state index >= 15 is 0 Å². The lowest BCUT2D eigenvalue weighted by atomic mass is 9.97. The number of pyridine rings is 1. The van der Waals surface area contributed by atoms with Crippen molar-refractivity contribution in [2.45, 2.75) is 58.1 Å². The number of aliphatic carboxylic acids is 1. The van der Waals surface area contributed by atoms with Crippen LogP contribution in [-0.2, 0) is 24.6 Å². The quantitative estimate of drug-likeness (QED) is 0.0946. The Hall–Kier alpha value is -4.90. The molecule has 4 aromatic rings. The molecule has 3 aromatic carbocycles. The fourth-order valence-corrected chi connectivity index (χ4v) is 6.33. The molecule has 1 aliphatic rings. The smallest absolute Gasteiger partial charge is 0.326 e. The number of aliphatic hydroxyl groups excluding tert-OH is 2. The van der Waals surface area contributed by atoms with Crippen molar-refractivity contribution in [3.8, 4) is 40.2 Å². The van der Waals surface area contributed by atoms with E-state index in [9.17, 15) is 25.4 Å². The van der Waals surface area contributed by atoms with E-state index in [2.05, 4.69) is 21.3 Å². The van der Waals surface area contributed by atoms with Gasteiger partial charge in [-0.05, 0) is 56.0 Å². The lowest BCUT2D eigenvalue weighted by Crippen LogP contribution is -2.52. The molecule has 4 N–H and O–H groups in total. The zero-order chi connectivity index (χ0) is 38.0. The van der Waals surface area contributed by atoms with Crippen LogP contribution >= 0.6 is 11.6 Å². The number of ether oxygens (including phenoxy) is 4. The number of nitrogens with zero attached hydrogens (tertiary/aromatic N) is 3. The third-order valence-corrected chi connectivity index (χ3v) is 9.57. The molecule has 12 nitrogen and oxygen atoms in total. The number of β-amino-alcohol motifs (C(OH)–C–C–N with tert-alkyl or cyclic N) is 1. The summed E-state index contributed by atoms with van der Waals surface area (Å²) in [4.78, 5) is 18.2. The molecule has 13 heteroatoms. The van der Waals surface area contributed by atoms with E-state index in [0.29, 0.717) is 40.5 Å². The molecule has 0 unspecified atom stereocenters. The van der Waals surface area contributed by atoms with Crippen LogP contribution < -0.4 is 24.3 Å². The van der Waals surface area contributed by atoms with E-state index in [1.165, 1.54) is 13.1 Å². The zero-order valence-corrected chi connectivity index (χ0v) is 30.9. The molecule has 0 amide bonds. The van der Waals surface area contributed by atoms with Gasteiger partial charge in [-0.15, -0.1) is 0 Å². The van der Waals surface area contributed by atoms with Crippen molar-refractivity contribution in [2.75, 3.05) is 40.0 Å². The summed E-state index contributed by atoms with van der Waals surface area (Å²) in [7, 11) is 1.61. The van der Waals surface area contributed by atoms with Crippen molar-refractivity contribution < 1.29 is 39.1 Å². The number of nitriles is 1. The summed E-state index contributed by atoms with van der Waals surface area (Å²) in [5, 5.41) is 41.6. The summed E-state index contributed by atoms with van der Waals surface area (Å²) in [6.07, 6.45) is 4.48. The Bertz CT molecular complexity index is 1940. The molecule has 1 aliphatic heterocycles. The van der Waals surface area contributed by atoms with Crippen molar-refractivity contribution >= 4 is 17.6 Å². The number of hydrogen-bond donors (Lipinski definition) is 4. The van der Waals surface area contributed by atoms with Gasteiger partial charge in [0.2, 0.25) is 0 Å². The fraction of sp³-hybridized carbons (Fsp3) is 0.375. The number of para-hydroxylation sites is 1. The van der Waals surface area contributed by atoms with Gasteiger partial charge in [-0.1, -0.05) is 41.9 Å². The van der Waals surface area contributed by atoms with Crippen LogP contribution in [0.25, 0.3) is 11.1 Å². The summed E-state index contributed by atoms with van der Waals surface area (Å²) in [6.45, 7) is 6.01. The van der Waals surface area contributed by atoms with Crippen LogP contribution in [0.1, 0.15) is 47.6 Å². The van der Waals surface area contributed by atoms with Gasteiger partial charge in [-0.2, -0.15) is 5.26 Å². The minimum Gasteiger partial charge on any atom is -0.496 e. The first-order chi connectivity index (χ1) is 25.5. The molecule has 53 heavy (non-hydrogen) atoms. The third-order valence-electron chi connectivity index (χ3n) is 9.27. The standard InChI is InChI=1S/C40H45ClN4O8/c1-26-32(8-5-10-35(26)51-14-6-12-45-13-11-31(47)22-45)33-9-4-7-29(38(33)50-3)24-53-37-17-36(52-23-28-15-27(18-42)19-43-20-28)30(16-34(37)41)21-44-40(2,25-46)39(48)49/h4-5,7-10,15-17,19-20,31,44,46-47H,6,11-14,21-25H2,1-3H3,(H,48,49)/t31-,40-/m1/s1. The third kappa shape index (κ3) is 9.95. The Balaban J connectivity index is 1.34. The minimum atomic E-state index is -1.60. The maximum Gasteiger partial charge on any atom is 0.326 e. The number of nitrogens with one attached hydrogen (secondary N) is 1. The zero-order valence-electron chi connectivity index (χ0n) is 30.1. The van der Waals surface area contributed by atoms with Crippen molar-refractivity contribution in [1.29, 1.82) is 5.26 Å². The molecular weight excluding hydrogens is 700 g/mol. The first kappa shape index (κ1) is 39.3. The molecule has 0 saturated carbocycles. The molecule has 280 valence electrons. The summed E-state index contributed by atoms with van der Waals surface area (Å²) in [6, 6.07) is 18.8. The predicted molar refractivity (Wildman–Crippen MR) is 199 cm³/mol. The van der Waals surface area contributed by atoms with Crippen molar-refractivity contribution in [3.63, 3.8) is 0 Å². The van der Waals surface area contributed by atoms with Gasteiger partial charge in [-0.3, -0.25) is 15.1 Å². The molecule has 0 bridgehead atoms. The van der Waals surface area contributed by atoms with Gasteiger partial charge in [0.1, 0.15) is 47.8 Å². The lowest BCUT2D eigenvalue weighted by Gasteiger charge is -2.25. The number of methoxy groups -OCH3 is 1. The van der Waals surface area contributed by atoms with Gasteiger partial charge in [0.15, 0.2) is 0 Å². The van der Waals surface area contributed by atoms with Crippen LogP contribution in [0.5, 0.6) is 23.0 Å². The average Bonchev–Trinajstić information content (AvgIpc) is 3.59. The topological polar surface area (TPSA) is 167 Å². The molecule has 0 aliphatic carbocycles. The maximum absolute atomic E-state index is 11.8. The lowest BCUT2D eigenvalue weighted by molar-refractivity contribution is -0.145. The second-order valence-electron chi connectivity index (χ2n) is 13.2. The molecule has 1 fully saturated rings.